The van der Waals surface area contributed by atoms with Crippen LogP contribution in [0.3, 0.4) is 0 Å². The van der Waals surface area contributed by atoms with E-state index in [0.717, 1.165) is 5.52 Å². The highest BCUT2D eigenvalue weighted by Gasteiger charge is 2.20. The molecule has 1 amide bonds. The number of benzene rings is 1. The highest BCUT2D eigenvalue weighted by atomic mass is 79.9. The summed E-state index contributed by atoms with van der Waals surface area (Å²) in [7, 11) is 1.46. The Morgan fingerprint density at radius 2 is 2.03 bits per heavy atom. The monoisotopic (exact) mass is 485 g/mol. The van der Waals surface area contributed by atoms with Gasteiger partial charge in [0.2, 0.25) is 5.88 Å². The zero-order chi connectivity index (χ0) is 22.7. The van der Waals surface area contributed by atoms with E-state index in [1.165, 1.54) is 11.7 Å². The fourth-order valence-electron chi connectivity index (χ4n) is 3.41. The van der Waals surface area contributed by atoms with Gasteiger partial charge in [0.25, 0.3) is 11.5 Å². The van der Waals surface area contributed by atoms with Gasteiger partial charge in [-0.15, -0.1) is 10.2 Å². The zero-order valence-corrected chi connectivity index (χ0v) is 18.8. The lowest BCUT2D eigenvalue weighted by Crippen LogP contribution is -2.29. The number of rotatable bonds is 6. The lowest BCUT2D eigenvalue weighted by Gasteiger charge is -2.14. The number of aromatic hydroxyl groups is 1. The molecule has 9 nitrogen and oxygen atoms in total. The van der Waals surface area contributed by atoms with Crippen LogP contribution in [-0.4, -0.2) is 27.3 Å². The number of azo groups is 1. The van der Waals surface area contributed by atoms with E-state index in [4.69, 9.17) is 4.74 Å². The number of halogens is 1. The van der Waals surface area contributed by atoms with Crippen LogP contribution in [0.1, 0.15) is 23.7 Å². The molecule has 0 atom stereocenters. The number of para-hydroxylation sites is 1. The number of aromatic nitrogens is 2. The van der Waals surface area contributed by atoms with Crippen LogP contribution in [0.25, 0.3) is 10.9 Å². The molecule has 3 aromatic rings. The topological polar surface area (TPSA) is 122 Å². The molecule has 0 bridgehead atoms. The van der Waals surface area contributed by atoms with Gasteiger partial charge < -0.3 is 19.0 Å². The van der Waals surface area contributed by atoms with E-state index in [2.05, 4.69) is 26.2 Å². The third-order valence-electron chi connectivity index (χ3n) is 4.94. The standard InChI is InChI=1S/C21H20BrN5O4/c1-4-26-16-8-6-5-7-13(16)19(21(26)30)25-24-17(28)10-27-12(2)18(22)15(11-31-3)14(9-23)20(27)29/h5-8,30H,4,10-11H2,1-3H3. The van der Waals surface area contributed by atoms with E-state index >= 15 is 0 Å². The third-order valence-corrected chi connectivity index (χ3v) is 5.99. The number of carbonyl (C=O) groups is 1. The van der Waals surface area contributed by atoms with Crippen molar-refractivity contribution in [3.8, 4) is 11.9 Å². The van der Waals surface area contributed by atoms with Gasteiger partial charge in [-0.05, 0) is 35.8 Å². The van der Waals surface area contributed by atoms with Crippen molar-refractivity contribution in [1.29, 1.82) is 5.26 Å². The number of pyridine rings is 1. The van der Waals surface area contributed by atoms with Crippen molar-refractivity contribution in [2.75, 3.05) is 7.11 Å². The number of nitrogens with zero attached hydrogens (tertiary/aromatic N) is 5. The Labute approximate surface area is 186 Å². The van der Waals surface area contributed by atoms with Crippen molar-refractivity contribution in [3.63, 3.8) is 0 Å². The molecule has 0 saturated carbocycles. The largest absolute Gasteiger partial charge is 0.493 e. The molecule has 2 heterocycles. The summed E-state index contributed by atoms with van der Waals surface area (Å²) in [5.74, 6) is -0.791. The molecule has 0 unspecified atom stereocenters. The summed E-state index contributed by atoms with van der Waals surface area (Å²) in [6, 6.07) is 9.14. The number of methoxy groups -OCH3 is 1. The van der Waals surface area contributed by atoms with Crippen molar-refractivity contribution >= 4 is 38.4 Å². The summed E-state index contributed by atoms with van der Waals surface area (Å²) in [4.78, 5) is 25.2. The molecule has 0 radical (unpaired) electrons. The van der Waals surface area contributed by atoms with Gasteiger partial charge in [0.15, 0.2) is 5.69 Å². The van der Waals surface area contributed by atoms with Gasteiger partial charge in [0.05, 0.1) is 12.1 Å². The maximum Gasteiger partial charge on any atom is 0.284 e. The highest BCUT2D eigenvalue weighted by Crippen LogP contribution is 2.38. The molecule has 3 rings (SSSR count). The van der Waals surface area contributed by atoms with Crippen LogP contribution in [0, 0.1) is 18.3 Å². The average Bonchev–Trinajstić information content (AvgIpc) is 3.04. The molecule has 0 fully saturated rings. The van der Waals surface area contributed by atoms with E-state index in [9.17, 15) is 20.0 Å². The molecule has 0 saturated heterocycles. The van der Waals surface area contributed by atoms with Gasteiger partial charge in [0.1, 0.15) is 18.2 Å². The number of amides is 1. The van der Waals surface area contributed by atoms with E-state index in [1.807, 2.05) is 25.1 Å². The molecule has 1 aromatic carbocycles. The van der Waals surface area contributed by atoms with Gasteiger partial charge in [-0.2, -0.15) is 5.26 Å². The van der Waals surface area contributed by atoms with Gasteiger partial charge in [-0.25, -0.2) is 0 Å². The smallest absolute Gasteiger partial charge is 0.284 e. The summed E-state index contributed by atoms with van der Waals surface area (Å²) >= 11 is 3.38. The minimum absolute atomic E-state index is 0.0782. The Morgan fingerprint density at radius 3 is 2.68 bits per heavy atom. The second kappa shape index (κ2) is 9.24. The number of hydrogen-bond donors (Lipinski definition) is 1. The molecule has 0 aliphatic heterocycles. The Balaban J connectivity index is 1.98. The third kappa shape index (κ3) is 4.02. The van der Waals surface area contributed by atoms with Gasteiger partial charge in [0, 0.05) is 34.8 Å². The van der Waals surface area contributed by atoms with Crippen molar-refractivity contribution in [2.45, 2.75) is 33.5 Å². The minimum Gasteiger partial charge on any atom is -0.493 e. The molecular formula is C21H20BrN5O4. The maximum absolute atomic E-state index is 12.7. The predicted molar refractivity (Wildman–Crippen MR) is 117 cm³/mol. The minimum atomic E-state index is -0.701. The molecule has 10 heteroatoms. The SMILES string of the molecule is CCn1c(O)c(N=NC(=O)Cn2c(C)c(Br)c(COC)c(C#N)c2=O)c2ccccc21. The zero-order valence-electron chi connectivity index (χ0n) is 17.2. The molecule has 1 N–H and O–H groups in total. The first-order valence-corrected chi connectivity index (χ1v) is 10.2. The van der Waals surface area contributed by atoms with Crippen LogP contribution >= 0.6 is 15.9 Å². The quantitative estimate of drug-likeness (QED) is 0.529. The lowest BCUT2D eigenvalue weighted by molar-refractivity contribution is -0.118. The van der Waals surface area contributed by atoms with E-state index < -0.39 is 18.0 Å². The molecule has 31 heavy (non-hydrogen) atoms. The molecular weight excluding hydrogens is 466 g/mol. The second-order valence-electron chi connectivity index (χ2n) is 6.72. The summed E-state index contributed by atoms with van der Waals surface area (Å²) in [5, 5.41) is 28.2. The van der Waals surface area contributed by atoms with Crippen molar-refractivity contribution in [1.82, 2.24) is 9.13 Å². The number of ether oxygens (including phenoxy) is 1. The van der Waals surface area contributed by atoms with Crippen LogP contribution in [0.2, 0.25) is 0 Å². The fourth-order valence-corrected chi connectivity index (χ4v) is 3.94. The lowest BCUT2D eigenvalue weighted by atomic mass is 10.1. The number of hydrogen-bond acceptors (Lipinski definition) is 6. The van der Waals surface area contributed by atoms with Gasteiger partial charge in [-0.1, -0.05) is 18.2 Å². The molecule has 2 aromatic heterocycles. The van der Waals surface area contributed by atoms with Crippen LogP contribution < -0.4 is 5.56 Å². The fraction of sp³-hybridized carbons (Fsp3) is 0.286. The Kier molecular flexibility index (Phi) is 6.68. The summed E-state index contributed by atoms with van der Waals surface area (Å²) in [6.45, 7) is 3.72. The molecule has 160 valence electrons. The van der Waals surface area contributed by atoms with Crippen molar-refractivity contribution in [2.24, 2.45) is 10.2 Å². The van der Waals surface area contributed by atoms with E-state index in [0.29, 0.717) is 27.7 Å². The first-order valence-electron chi connectivity index (χ1n) is 9.41. The summed E-state index contributed by atoms with van der Waals surface area (Å²) in [5.41, 5.74) is 1.13. The van der Waals surface area contributed by atoms with Crippen molar-refractivity contribution in [3.05, 3.63) is 55.9 Å². The van der Waals surface area contributed by atoms with E-state index in [-0.39, 0.29) is 23.7 Å². The first kappa shape index (κ1) is 22.4. The Morgan fingerprint density at radius 1 is 1.32 bits per heavy atom. The highest BCUT2D eigenvalue weighted by molar-refractivity contribution is 9.10. The molecule has 0 aliphatic rings. The molecule has 0 spiro atoms. The number of fused-ring (bicyclic) bond motifs is 1. The normalized spacial score (nSPS) is 11.3. The number of carbonyl (C=O) groups excluding carboxylic acids is 1. The Bertz CT molecular complexity index is 1300. The first-order chi connectivity index (χ1) is 14.8. The summed E-state index contributed by atoms with van der Waals surface area (Å²) < 4.78 is 8.41. The second-order valence-corrected chi connectivity index (χ2v) is 7.51. The Hall–Kier alpha value is -3.29. The van der Waals surface area contributed by atoms with Crippen LogP contribution in [0.15, 0.2) is 43.8 Å². The van der Waals surface area contributed by atoms with Crippen LogP contribution in [0.4, 0.5) is 5.69 Å². The number of nitriles is 1. The van der Waals surface area contributed by atoms with E-state index in [1.54, 1.807) is 23.6 Å². The summed E-state index contributed by atoms with van der Waals surface area (Å²) in [6.07, 6.45) is 0. The van der Waals surface area contributed by atoms with Crippen LogP contribution in [0.5, 0.6) is 5.88 Å². The van der Waals surface area contributed by atoms with Gasteiger partial charge in [-0.3, -0.25) is 9.59 Å². The number of aryl methyl sites for hydroxylation is 1. The average molecular weight is 486 g/mol. The van der Waals surface area contributed by atoms with Crippen molar-refractivity contribution < 1.29 is 14.6 Å². The van der Waals surface area contributed by atoms with Crippen LogP contribution in [-0.2, 0) is 29.2 Å². The van der Waals surface area contributed by atoms with Gasteiger partial charge >= 0.3 is 0 Å². The maximum atomic E-state index is 12.7. The molecule has 0 aliphatic carbocycles. The predicted octanol–water partition coefficient (Wildman–Crippen LogP) is 3.93.